The lowest BCUT2D eigenvalue weighted by molar-refractivity contribution is 0.0949. The third-order valence-electron chi connectivity index (χ3n) is 4.92. The number of aromatic nitrogens is 3. The number of hydrogen-bond acceptors (Lipinski definition) is 5. The standard InChI is InChI=1S/C24H24N4O3/c1-30-21-11-4-5-12-22(21)31-15-7-14-28-20-10-3-2-9-19(20)27-23(28)17-26-24(29)18-8-6-13-25-16-18/h2-6,8-13,16H,7,14-15,17H2,1H3,(H,26,29). The maximum atomic E-state index is 12.4. The molecule has 31 heavy (non-hydrogen) atoms. The van der Waals surface area contributed by atoms with Gasteiger partial charge in [0, 0.05) is 18.9 Å². The van der Waals surface area contributed by atoms with E-state index in [1.165, 1.54) is 0 Å². The Morgan fingerprint density at radius 2 is 1.84 bits per heavy atom. The molecule has 1 N–H and O–H groups in total. The molecule has 0 bridgehead atoms. The number of benzene rings is 2. The number of fused-ring (bicyclic) bond motifs is 1. The molecule has 0 saturated carbocycles. The minimum Gasteiger partial charge on any atom is -0.493 e. The molecule has 1 amide bonds. The van der Waals surface area contributed by atoms with Crippen molar-refractivity contribution in [1.29, 1.82) is 0 Å². The molecule has 7 nitrogen and oxygen atoms in total. The first-order valence-electron chi connectivity index (χ1n) is 10.1. The zero-order chi connectivity index (χ0) is 21.5. The Balaban J connectivity index is 1.43. The number of amides is 1. The van der Waals surface area contributed by atoms with E-state index in [1.807, 2.05) is 48.5 Å². The molecule has 2 aromatic carbocycles. The van der Waals surface area contributed by atoms with Crippen molar-refractivity contribution in [2.45, 2.75) is 19.5 Å². The number of aryl methyl sites for hydroxylation is 1. The van der Waals surface area contributed by atoms with Crippen LogP contribution in [0.2, 0.25) is 0 Å². The van der Waals surface area contributed by atoms with E-state index in [9.17, 15) is 4.79 Å². The minimum absolute atomic E-state index is 0.175. The third kappa shape index (κ3) is 4.83. The number of nitrogens with one attached hydrogen (secondary N) is 1. The Bertz CT molecular complexity index is 1160. The number of nitrogens with zero attached hydrogens (tertiary/aromatic N) is 3. The summed E-state index contributed by atoms with van der Waals surface area (Å²) in [5.41, 5.74) is 2.46. The van der Waals surface area contributed by atoms with Crippen molar-refractivity contribution < 1.29 is 14.3 Å². The highest BCUT2D eigenvalue weighted by Gasteiger charge is 2.13. The number of carbonyl (C=O) groups is 1. The third-order valence-corrected chi connectivity index (χ3v) is 4.92. The maximum Gasteiger partial charge on any atom is 0.253 e. The zero-order valence-electron chi connectivity index (χ0n) is 17.3. The Morgan fingerprint density at radius 1 is 1.03 bits per heavy atom. The van der Waals surface area contributed by atoms with Gasteiger partial charge in [-0.3, -0.25) is 9.78 Å². The van der Waals surface area contributed by atoms with Gasteiger partial charge in [-0.1, -0.05) is 24.3 Å². The molecule has 2 heterocycles. The van der Waals surface area contributed by atoms with Gasteiger partial charge in [-0.05, 0) is 42.8 Å². The normalized spacial score (nSPS) is 10.7. The first kappa shape index (κ1) is 20.4. The van der Waals surface area contributed by atoms with Crippen LogP contribution in [0, 0.1) is 0 Å². The van der Waals surface area contributed by atoms with Gasteiger partial charge in [0.05, 0.1) is 36.9 Å². The van der Waals surface area contributed by atoms with Crippen molar-refractivity contribution in [2.24, 2.45) is 0 Å². The van der Waals surface area contributed by atoms with Crippen molar-refractivity contribution >= 4 is 16.9 Å². The van der Waals surface area contributed by atoms with Crippen LogP contribution in [0.5, 0.6) is 11.5 Å². The van der Waals surface area contributed by atoms with Crippen LogP contribution in [0.15, 0.2) is 73.1 Å². The first-order chi connectivity index (χ1) is 15.3. The van der Waals surface area contributed by atoms with Crippen molar-refractivity contribution in [2.75, 3.05) is 13.7 Å². The smallest absolute Gasteiger partial charge is 0.253 e. The zero-order valence-corrected chi connectivity index (χ0v) is 17.3. The quantitative estimate of drug-likeness (QED) is 0.420. The van der Waals surface area contributed by atoms with Crippen LogP contribution >= 0.6 is 0 Å². The van der Waals surface area contributed by atoms with Gasteiger partial charge in [-0.25, -0.2) is 4.98 Å². The minimum atomic E-state index is -0.175. The van der Waals surface area contributed by atoms with Crippen LogP contribution in [0.25, 0.3) is 11.0 Å². The second-order valence-corrected chi connectivity index (χ2v) is 6.95. The molecule has 0 fully saturated rings. The molecule has 0 radical (unpaired) electrons. The summed E-state index contributed by atoms with van der Waals surface area (Å²) in [6, 6.07) is 19.0. The summed E-state index contributed by atoms with van der Waals surface area (Å²) in [5.74, 6) is 2.07. The molecule has 4 rings (SSSR count). The highest BCUT2D eigenvalue weighted by molar-refractivity contribution is 5.93. The summed E-state index contributed by atoms with van der Waals surface area (Å²) in [6.45, 7) is 1.58. The van der Waals surface area contributed by atoms with Gasteiger partial charge in [-0.2, -0.15) is 0 Å². The van der Waals surface area contributed by atoms with E-state index in [0.29, 0.717) is 25.3 Å². The van der Waals surface area contributed by atoms with Crippen LogP contribution in [-0.2, 0) is 13.1 Å². The van der Waals surface area contributed by atoms with Crippen LogP contribution < -0.4 is 14.8 Å². The highest BCUT2D eigenvalue weighted by atomic mass is 16.5. The van der Waals surface area contributed by atoms with E-state index in [2.05, 4.69) is 14.9 Å². The number of hydrogen-bond donors (Lipinski definition) is 1. The van der Waals surface area contributed by atoms with Gasteiger partial charge >= 0.3 is 0 Å². The number of imidazole rings is 1. The molecule has 0 aliphatic carbocycles. The molecular weight excluding hydrogens is 392 g/mol. The molecule has 0 aliphatic rings. The molecule has 7 heteroatoms. The molecular formula is C24H24N4O3. The van der Waals surface area contributed by atoms with Crippen LogP contribution in [0.3, 0.4) is 0 Å². The predicted molar refractivity (Wildman–Crippen MR) is 118 cm³/mol. The fourth-order valence-electron chi connectivity index (χ4n) is 3.41. The van der Waals surface area contributed by atoms with Crippen molar-refractivity contribution in [3.63, 3.8) is 0 Å². The summed E-state index contributed by atoms with van der Waals surface area (Å²) < 4.78 is 13.4. The Labute approximate surface area is 180 Å². The summed E-state index contributed by atoms with van der Waals surface area (Å²) in [6.07, 6.45) is 3.97. The van der Waals surface area contributed by atoms with E-state index in [1.54, 1.807) is 31.6 Å². The van der Waals surface area contributed by atoms with E-state index in [-0.39, 0.29) is 5.91 Å². The van der Waals surface area contributed by atoms with Crippen molar-refractivity contribution in [3.8, 4) is 11.5 Å². The number of rotatable bonds is 9. The number of pyridine rings is 1. The van der Waals surface area contributed by atoms with Gasteiger partial charge in [-0.15, -0.1) is 0 Å². The van der Waals surface area contributed by atoms with Crippen LogP contribution in [-0.4, -0.2) is 34.2 Å². The Hall–Kier alpha value is -3.87. The van der Waals surface area contributed by atoms with Gasteiger partial charge in [0.15, 0.2) is 11.5 Å². The summed E-state index contributed by atoms with van der Waals surface area (Å²) in [5, 5.41) is 2.94. The summed E-state index contributed by atoms with van der Waals surface area (Å²) >= 11 is 0. The predicted octanol–water partition coefficient (Wildman–Crippen LogP) is 3.84. The SMILES string of the molecule is COc1ccccc1OCCCn1c(CNC(=O)c2cccnc2)nc2ccccc21. The topological polar surface area (TPSA) is 78.3 Å². The van der Waals surface area contributed by atoms with Crippen LogP contribution in [0.4, 0.5) is 0 Å². The molecule has 0 aliphatic heterocycles. The van der Waals surface area contributed by atoms with Crippen molar-refractivity contribution in [1.82, 2.24) is 19.9 Å². The average Bonchev–Trinajstić information content (AvgIpc) is 3.18. The lowest BCUT2D eigenvalue weighted by atomic mass is 10.3. The van der Waals surface area contributed by atoms with Crippen molar-refractivity contribution in [3.05, 3.63) is 84.4 Å². The molecule has 2 aromatic heterocycles. The fraction of sp³-hybridized carbons (Fsp3) is 0.208. The number of carbonyl (C=O) groups excluding carboxylic acids is 1. The monoisotopic (exact) mass is 416 g/mol. The lowest BCUT2D eigenvalue weighted by Gasteiger charge is -2.12. The fourth-order valence-corrected chi connectivity index (χ4v) is 3.41. The number of ether oxygens (including phenoxy) is 2. The molecule has 0 atom stereocenters. The highest BCUT2D eigenvalue weighted by Crippen LogP contribution is 2.26. The first-order valence-corrected chi connectivity index (χ1v) is 10.1. The van der Waals surface area contributed by atoms with E-state index in [0.717, 1.165) is 34.8 Å². The average molecular weight is 416 g/mol. The van der Waals surface area contributed by atoms with Gasteiger partial charge in [0.2, 0.25) is 0 Å². The van der Waals surface area contributed by atoms with E-state index >= 15 is 0 Å². The summed E-state index contributed by atoms with van der Waals surface area (Å²) in [4.78, 5) is 21.1. The van der Waals surface area contributed by atoms with E-state index < -0.39 is 0 Å². The molecule has 0 saturated heterocycles. The van der Waals surface area contributed by atoms with E-state index in [4.69, 9.17) is 14.5 Å². The number of para-hydroxylation sites is 4. The van der Waals surface area contributed by atoms with Gasteiger partial charge in [0.25, 0.3) is 5.91 Å². The maximum absolute atomic E-state index is 12.4. The second kappa shape index (κ2) is 9.75. The Morgan fingerprint density at radius 3 is 2.65 bits per heavy atom. The molecule has 0 spiro atoms. The largest absolute Gasteiger partial charge is 0.493 e. The Kier molecular flexibility index (Phi) is 6.42. The second-order valence-electron chi connectivity index (χ2n) is 6.95. The number of methoxy groups -OCH3 is 1. The molecule has 0 unspecified atom stereocenters. The van der Waals surface area contributed by atoms with Crippen LogP contribution in [0.1, 0.15) is 22.6 Å². The lowest BCUT2D eigenvalue weighted by Crippen LogP contribution is -2.25. The van der Waals surface area contributed by atoms with Gasteiger partial charge < -0.3 is 19.4 Å². The summed E-state index contributed by atoms with van der Waals surface area (Å²) in [7, 11) is 1.63. The molecule has 158 valence electrons. The molecule has 4 aromatic rings. The van der Waals surface area contributed by atoms with Gasteiger partial charge in [0.1, 0.15) is 5.82 Å².